The van der Waals surface area contributed by atoms with E-state index in [1.54, 1.807) is 26.0 Å². The summed E-state index contributed by atoms with van der Waals surface area (Å²) in [6.45, 7) is 13.6. The predicted molar refractivity (Wildman–Crippen MR) is 460 cm³/mol. The van der Waals surface area contributed by atoms with Gasteiger partial charge in [-0.3, -0.25) is 57.4 Å². The lowest BCUT2D eigenvalue weighted by Crippen LogP contribution is -2.61. The van der Waals surface area contributed by atoms with E-state index in [0.717, 1.165) is 36.1 Å². The van der Waals surface area contributed by atoms with Gasteiger partial charge >= 0.3 is 25.7 Å². The number of methoxy groups -OCH3 is 1. The number of benzene rings is 1. The number of fused-ring (bicyclic) bond motifs is 6. The number of amides is 12. The number of primary amides is 1. The number of ether oxygens (including phenoxy) is 15. The van der Waals surface area contributed by atoms with Crippen LogP contribution in [-0.4, -0.2) is 323 Å². The summed E-state index contributed by atoms with van der Waals surface area (Å²) < 4.78 is 104. The SMILES string of the molecule is C=C1/C2=C/[C@@H]3O[C@H](C[C@H](O)CNC(=O)OCc4ccc(NC(=O)[C@H](CCCNC(N)=O)NC(=O)[C@@H](NC(=O)[C@H](CC(=O)N[C@H]5CCOC5=O)NC(=O)CCOCCOCCOCCOCCNC(=O)[C@H](CNC(=O)CCP(=O)(O)O)N5C(=O)C=CC5=O)C(C)C)cc4)[C@H](OC)[C@H]3CC(=O)C[C@H]3CC[C@@H]4O[C@@H]5[C@H]6O[C@@H]7C[C@](CC[C@H]8CC(=C)[C@H](CC[C@@H](C[C@H]1C)O2)O8)(O[C@H]6[C@H]4O3)O[C@H]57. The lowest BCUT2D eigenvalue weighted by atomic mass is 9.84. The summed E-state index contributed by atoms with van der Waals surface area (Å²) in [6.07, 6.45) is 0.512. The zero-order chi connectivity index (χ0) is 94.5. The van der Waals surface area contributed by atoms with Crippen LogP contribution in [0, 0.1) is 17.8 Å². The quantitative estimate of drug-likeness (QED) is 0.0138. The Morgan fingerprint density at radius 3 is 2.05 bits per heavy atom. The number of rotatable bonds is 44. The molecule has 12 amide bonds. The Hall–Kier alpha value is -9.28. The van der Waals surface area contributed by atoms with E-state index in [2.05, 4.69) is 67.9 Å². The Morgan fingerprint density at radius 1 is 0.667 bits per heavy atom. The van der Waals surface area contributed by atoms with Gasteiger partial charge in [0.25, 0.3) is 11.8 Å². The maximum absolute atomic E-state index is 14.6. The summed E-state index contributed by atoms with van der Waals surface area (Å²) in [5.41, 5.74) is 7.89. The number of allylic oxidation sites excluding steroid dienone is 1. The number of imide groups is 1. The highest BCUT2D eigenvalue weighted by atomic mass is 31.2. The number of hydrogen-bond donors (Lipinski definition) is 13. The standard InChI is InChI=1S/C88H126N11O32P/c1-47(2)74(98-82(108)61(41-71(104)95-60-20-27-122-85(60)111)96-70(103)21-26-118-29-31-120-33-34-121-32-30-119-28-25-90-83(109)62(99-72(105)17-18-73(99)106)45-92-69(102)22-35-132(114,115)116)84(110)97-59(8-7-24-91-86(89)112)81(107)94-52-11-9-51(10-12-52)46-123-87(113)93-44-54(101)40-67-75(117-6)58-39-53(100)38-56-14-16-64-76(126-56)80-79-78(128-64)77-68(129-79)43-88(130-77,131-80)23-19-57-37-49(4)63(124-57)15-13-55-36-48(3)50(5)65(125-55)42-66(58)127-67/h9-12,17-18,42,47-48,54-64,66-68,74-80,101H,4-5,7-8,13-16,19-41,43-46H2,1-3,6H3,(H,90,109)(H,92,102)(H,93,113)(H,94,107)(H,95,104)(H,96,103)(H,97,110)(H,98,108)(H3,89,91,112)(H2,114,115,116)/b65-42-/t48-,54+,55+,56-,57+,58+,59+,60+,61+,62+,63+,64+,66+,67-,68-,74+,75-,76+,77+,78+,79-,80+,88+/m1/s1. The Labute approximate surface area is 763 Å². The molecular weight excluding hydrogens is 1750 g/mol. The van der Waals surface area contributed by atoms with Crippen LogP contribution >= 0.6 is 7.60 Å². The van der Waals surface area contributed by atoms with Crippen molar-refractivity contribution >= 4 is 90.3 Å². The molecule has 12 heterocycles. The number of aliphatic hydroxyl groups is 1. The number of urea groups is 1. The first-order chi connectivity index (χ1) is 63.1. The van der Waals surface area contributed by atoms with E-state index >= 15 is 0 Å². The fourth-order valence-electron chi connectivity index (χ4n) is 18.4. The minimum atomic E-state index is -4.48. The first-order valence-corrected chi connectivity index (χ1v) is 47.2. The number of aliphatic hydroxyl groups excluding tert-OH is 1. The van der Waals surface area contributed by atoms with Crippen LogP contribution in [0.3, 0.4) is 0 Å². The van der Waals surface area contributed by atoms with Crippen molar-refractivity contribution in [2.45, 2.75) is 271 Å². The maximum atomic E-state index is 14.6. The van der Waals surface area contributed by atoms with Crippen molar-refractivity contribution in [3.05, 3.63) is 78.1 Å². The molecule has 0 aliphatic carbocycles. The van der Waals surface area contributed by atoms with Gasteiger partial charge in [-0.25, -0.2) is 14.4 Å². The molecule has 1 aromatic carbocycles. The molecule has 0 unspecified atom stereocenters. The van der Waals surface area contributed by atoms with E-state index in [0.29, 0.717) is 61.2 Å². The monoisotopic (exact) mass is 1880 g/mol. The average Bonchev–Trinajstić information content (AvgIpc) is 1.55. The average molecular weight is 1880 g/mol. The molecule has 0 aromatic heterocycles. The first kappa shape index (κ1) is 102. The number of Topliss-reactive ketones (excluding diaryl/α,β-unsaturated/α-hetero) is 1. The van der Waals surface area contributed by atoms with E-state index in [4.69, 9.17) is 86.6 Å². The molecule has 12 aliphatic rings. The molecule has 12 bridgehead atoms. The Balaban J connectivity index is 0.580. The fourth-order valence-corrected chi connectivity index (χ4v) is 18.9. The fraction of sp³-hybridized carbons (Fsp3) is 0.693. The van der Waals surface area contributed by atoms with Crippen LogP contribution in [0.1, 0.15) is 142 Å². The highest BCUT2D eigenvalue weighted by molar-refractivity contribution is 7.51. The van der Waals surface area contributed by atoms with Crippen molar-refractivity contribution in [1.82, 2.24) is 47.4 Å². The third-order valence-electron chi connectivity index (χ3n) is 25.3. The topological polar surface area (TPSA) is 576 Å². The highest BCUT2D eigenvalue weighted by Crippen LogP contribution is 2.55. The second kappa shape index (κ2) is 47.8. The number of alkyl carbamates (subject to hydrolysis) is 1. The number of carbonyl (C=O) groups excluding carboxylic acids is 13. The van der Waals surface area contributed by atoms with Crippen LogP contribution in [0.4, 0.5) is 15.3 Å². The van der Waals surface area contributed by atoms with Gasteiger partial charge in [-0.05, 0) is 105 Å². The Kier molecular flexibility index (Phi) is 36.8. The first-order valence-electron chi connectivity index (χ1n) is 45.4. The van der Waals surface area contributed by atoms with Crippen molar-refractivity contribution < 1.29 is 153 Å². The van der Waals surface area contributed by atoms with Gasteiger partial charge in [-0.2, -0.15) is 0 Å². The smallest absolute Gasteiger partial charge is 0.407 e. The normalized spacial score (nSPS) is 29.8. The second-order valence-electron chi connectivity index (χ2n) is 35.5. The molecule has 13 rings (SSSR count). The highest BCUT2D eigenvalue weighted by Gasteiger charge is 2.69. The van der Waals surface area contributed by atoms with Crippen molar-refractivity contribution in [2.75, 3.05) is 104 Å². The molecule has 10 saturated heterocycles. The van der Waals surface area contributed by atoms with E-state index in [9.17, 15) is 72.0 Å². The number of cyclic esters (lactones) is 1. The summed E-state index contributed by atoms with van der Waals surface area (Å²) in [5, 5.41) is 34.6. The van der Waals surface area contributed by atoms with E-state index < -0.39 is 195 Å². The third kappa shape index (κ3) is 28.4. The van der Waals surface area contributed by atoms with Crippen molar-refractivity contribution in [3.8, 4) is 0 Å². The van der Waals surface area contributed by atoms with Crippen molar-refractivity contribution in [1.29, 1.82) is 0 Å². The molecule has 1 aromatic rings. The molecule has 0 radical (unpaired) electrons. The number of carbonyl (C=O) groups is 13. The largest absolute Gasteiger partial charge is 0.490 e. The summed E-state index contributed by atoms with van der Waals surface area (Å²) in [4.78, 5) is 190. The summed E-state index contributed by atoms with van der Waals surface area (Å²) in [7, 11) is -2.95. The molecular formula is C88H126N11O32P. The molecule has 43 nitrogen and oxygen atoms in total. The van der Waals surface area contributed by atoms with Gasteiger partial charge in [-0.1, -0.05) is 46.1 Å². The van der Waals surface area contributed by atoms with Gasteiger partial charge in [0.2, 0.25) is 41.4 Å². The van der Waals surface area contributed by atoms with Crippen LogP contribution in [0.5, 0.6) is 0 Å². The summed E-state index contributed by atoms with van der Waals surface area (Å²) in [5.74, 6) is -9.49. The number of nitrogens with zero attached hydrogens (tertiary/aromatic N) is 1. The van der Waals surface area contributed by atoms with E-state index in [1.165, 1.54) is 19.2 Å². The lowest BCUT2D eigenvalue weighted by Gasteiger charge is -2.47. The Morgan fingerprint density at radius 2 is 1.36 bits per heavy atom. The van der Waals surface area contributed by atoms with Crippen LogP contribution < -0.4 is 53.6 Å². The van der Waals surface area contributed by atoms with Gasteiger partial charge in [0.05, 0.1) is 133 Å². The van der Waals surface area contributed by atoms with E-state index in [-0.39, 0.29) is 197 Å². The molecule has 44 heteroatoms. The molecule has 0 saturated carbocycles. The molecule has 10 fully saturated rings. The predicted octanol–water partition coefficient (Wildman–Crippen LogP) is 0.400. The van der Waals surface area contributed by atoms with Crippen LogP contribution in [-0.2, 0) is 135 Å². The van der Waals surface area contributed by atoms with Crippen molar-refractivity contribution in [3.63, 3.8) is 0 Å². The zero-order valence-electron chi connectivity index (χ0n) is 74.7. The lowest BCUT2D eigenvalue weighted by molar-refractivity contribution is -0.292. The number of ketones is 1. The number of esters is 1. The van der Waals surface area contributed by atoms with Gasteiger partial charge in [0.1, 0.15) is 78.9 Å². The van der Waals surface area contributed by atoms with Gasteiger partial charge in [0.15, 0.2) is 5.79 Å². The van der Waals surface area contributed by atoms with Crippen LogP contribution in [0.2, 0.25) is 0 Å². The number of nitrogens with one attached hydrogen (secondary N) is 9. The second-order valence-corrected chi connectivity index (χ2v) is 37.2. The number of anilines is 1. The molecule has 23 atom stereocenters. The molecule has 132 heavy (non-hydrogen) atoms. The van der Waals surface area contributed by atoms with Gasteiger partial charge in [0, 0.05) is 108 Å². The zero-order valence-corrected chi connectivity index (χ0v) is 75.6. The van der Waals surface area contributed by atoms with Crippen LogP contribution in [0.15, 0.2) is 72.6 Å². The molecule has 14 N–H and O–H groups in total. The summed E-state index contributed by atoms with van der Waals surface area (Å²) in [6, 6.07) is -1.40. The molecule has 12 aliphatic heterocycles. The molecule has 730 valence electrons. The Bertz CT molecular complexity index is 4380. The number of nitrogens with two attached hydrogens (primary N) is 1. The van der Waals surface area contributed by atoms with Gasteiger partial charge in [-0.15, -0.1) is 0 Å². The minimum Gasteiger partial charge on any atom is -0.490 e. The summed E-state index contributed by atoms with van der Waals surface area (Å²) >= 11 is 0. The minimum absolute atomic E-state index is 0.00923. The molecule has 1 spiro atoms. The maximum Gasteiger partial charge on any atom is 0.407 e. The van der Waals surface area contributed by atoms with Gasteiger partial charge < -0.3 is 140 Å². The van der Waals surface area contributed by atoms with E-state index in [1.807, 2.05) is 6.08 Å². The van der Waals surface area contributed by atoms with Crippen LogP contribution in [0.25, 0.3) is 0 Å². The number of hydrogen-bond acceptors (Lipinski definition) is 30. The third-order valence-corrected chi connectivity index (χ3v) is 26.1. The van der Waals surface area contributed by atoms with Crippen molar-refractivity contribution in [2.24, 2.45) is 23.5 Å².